The summed E-state index contributed by atoms with van der Waals surface area (Å²) in [6, 6.07) is 4.70. The van der Waals surface area contributed by atoms with Gasteiger partial charge in [0.05, 0.1) is 29.5 Å². The van der Waals surface area contributed by atoms with Gasteiger partial charge in [0, 0.05) is 12.1 Å². The summed E-state index contributed by atoms with van der Waals surface area (Å²) in [7, 11) is -2.29. The number of halogens is 2. The van der Waals surface area contributed by atoms with Gasteiger partial charge in [0.1, 0.15) is 23.2 Å². The largest absolute Gasteiger partial charge is 0.496 e. The Morgan fingerprint density at radius 3 is 2.53 bits per heavy atom. The van der Waals surface area contributed by atoms with Gasteiger partial charge < -0.3 is 15.8 Å². The molecule has 0 unspecified atom stereocenters. The maximum absolute atomic E-state index is 13.9. The van der Waals surface area contributed by atoms with Gasteiger partial charge in [0.15, 0.2) is 0 Å². The molecule has 2 aromatic rings. The molecule has 0 bridgehead atoms. The molecule has 30 heavy (non-hydrogen) atoms. The zero-order valence-corrected chi connectivity index (χ0v) is 18.1. The van der Waals surface area contributed by atoms with Gasteiger partial charge >= 0.3 is 0 Å². The fraction of sp³-hybridized carbons (Fsp3) is 0.368. The molecule has 0 saturated carbocycles. The normalized spacial score (nSPS) is 15.1. The van der Waals surface area contributed by atoms with Crippen molar-refractivity contribution in [3.8, 4) is 5.75 Å². The molecule has 162 valence electrons. The second kappa shape index (κ2) is 8.75. The Balaban J connectivity index is 2.00. The number of sulfonamides is 1. The molecule has 0 amide bonds. The first-order valence-corrected chi connectivity index (χ1v) is 11.4. The van der Waals surface area contributed by atoms with Crippen molar-refractivity contribution in [2.45, 2.75) is 18.9 Å². The van der Waals surface area contributed by atoms with Crippen molar-refractivity contribution in [3.63, 3.8) is 0 Å². The van der Waals surface area contributed by atoms with Gasteiger partial charge in [0.2, 0.25) is 15.8 Å². The molecule has 8 nitrogen and oxygen atoms in total. The van der Waals surface area contributed by atoms with Gasteiger partial charge in [-0.25, -0.2) is 17.8 Å². The van der Waals surface area contributed by atoms with Crippen LogP contribution in [-0.2, 0) is 10.0 Å². The Morgan fingerprint density at radius 2 is 1.97 bits per heavy atom. The highest BCUT2D eigenvalue weighted by Crippen LogP contribution is 2.31. The summed E-state index contributed by atoms with van der Waals surface area (Å²) in [4.78, 5) is 17.1. The van der Waals surface area contributed by atoms with E-state index in [0.29, 0.717) is 25.9 Å². The van der Waals surface area contributed by atoms with Gasteiger partial charge in [-0.05, 0) is 44.1 Å². The molecule has 0 radical (unpaired) electrons. The number of nitrogens with zero attached hydrogens (tertiary/aromatic N) is 2. The number of nitrogens with one attached hydrogen (secondary N) is 1. The number of nitrogen functional groups attached to an aromatic ring is 1. The molecule has 1 aliphatic heterocycles. The van der Waals surface area contributed by atoms with Crippen molar-refractivity contribution >= 4 is 39.0 Å². The molecule has 3 rings (SSSR count). The smallest absolute Gasteiger partial charge is 0.233 e. The molecule has 0 spiro atoms. The molecule has 1 aliphatic rings. The van der Waals surface area contributed by atoms with E-state index >= 15 is 0 Å². The molecule has 1 saturated heterocycles. The summed E-state index contributed by atoms with van der Waals surface area (Å²) in [5.74, 6) is -1.35. The lowest BCUT2D eigenvalue weighted by Crippen LogP contribution is -2.46. The lowest BCUT2D eigenvalue weighted by Gasteiger charge is -2.33. The summed E-state index contributed by atoms with van der Waals surface area (Å²) in [6.07, 6.45) is 2.35. The Kier molecular flexibility index (Phi) is 6.49. The van der Waals surface area contributed by atoms with Crippen LogP contribution in [0.1, 0.15) is 28.8 Å². The van der Waals surface area contributed by atoms with Crippen LogP contribution in [0.25, 0.3) is 0 Å². The van der Waals surface area contributed by atoms with E-state index in [4.69, 9.17) is 22.1 Å². The molecular formula is C19H22ClFN4O4S. The summed E-state index contributed by atoms with van der Waals surface area (Å²) in [6.45, 7) is 1.37. The third-order valence-corrected chi connectivity index (χ3v) is 6.35. The van der Waals surface area contributed by atoms with Gasteiger partial charge in [-0.2, -0.15) is 0 Å². The Hall–Kier alpha value is -2.43. The van der Waals surface area contributed by atoms with Crippen molar-refractivity contribution in [1.82, 2.24) is 10.3 Å². The lowest BCUT2D eigenvalue weighted by molar-refractivity contribution is 0.103. The van der Waals surface area contributed by atoms with Crippen LogP contribution in [0.15, 0.2) is 24.3 Å². The van der Waals surface area contributed by atoms with Crippen molar-refractivity contribution in [2.75, 3.05) is 36.5 Å². The Bertz CT molecular complexity index is 1070. The van der Waals surface area contributed by atoms with Gasteiger partial charge in [-0.15, -0.1) is 0 Å². The highest BCUT2D eigenvalue weighted by Gasteiger charge is 2.30. The second-order valence-electron chi connectivity index (χ2n) is 6.94. The van der Waals surface area contributed by atoms with E-state index in [2.05, 4.69) is 10.3 Å². The molecule has 3 N–H and O–H groups in total. The third-order valence-electron chi connectivity index (χ3n) is 4.87. The predicted octanol–water partition coefficient (Wildman–Crippen LogP) is 2.21. The minimum Gasteiger partial charge on any atom is -0.496 e. The number of nitrogens with two attached hydrogens (primary N) is 1. The van der Waals surface area contributed by atoms with Crippen molar-refractivity contribution in [2.24, 2.45) is 0 Å². The fourth-order valence-corrected chi connectivity index (χ4v) is 4.82. The first-order chi connectivity index (χ1) is 14.1. The molecule has 1 fully saturated rings. The number of anilines is 2. The number of carbonyl (C=O) groups excluding carboxylic acids is 1. The number of pyridine rings is 1. The first kappa shape index (κ1) is 22.3. The topological polar surface area (TPSA) is 115 Å². The second-order valence-corrected chi connectivity index (χ2v) is 9.20. The number of rotatable bonds is 6. The van der Waals surface area contributed by atoms with E-state index in [1.807, 2.05) is 0 Å². The van der Waals surface area contributed by atoms with E-state index in [1.54, 1.807) is 0 Å². The fourth-order valence-electron chi connectivity index (χ4n) is 3.47. The highest BCUT2D eigenvalue weighted by atomic mass is 35.5. The Labute approximate surface area is 179 Å². The van der Waals surface area contributed by atoms with Crippen LogP contribution in [0.4, 0.5) is 16.0 Å². The van der Waals surface area contributed by atoms with Crippen LogP contribution in [-0.4, -0.2) is 51.7 Å². The predicted molar refractivity (Wildman–Crippen MR) is 113 cm³/mol. The van der Waals surface area contributed by atoms with E-state index in [-0.39, 0.29) is 39.6 Å². The average molecular weight is 457 g/mol. The monoisotopic (exact) mass is 456 g/mol. The van der Waals surface area contributed by atoms with Gasteiger partial charge in [0.25, 0.3) is 0 Å². The average Bonchev–Trinajstić information content (AvgIpc) is 2.69. The summed E-state index contributed by atoms with van der Waals surface area (Å²) >= 11 is 5.75. The van der Waals surface area contributed by atoms with E-state index < -0.39 is 21.6 Å². The summed E-state index contributed by atoms with van der Waals surface area (Å²) in [5, 5.41) is 3.00. The molecule has 1 aromatic heterocycles. The van der Waals surface area contributed by atoms with Crippen LogP contribution < -0.4 is 20.1 Å². The zero-order valence-electron chi connectivity index (χ0n) is 16.5. The zero-order chi connectivity index (χ0) is 22.1. The van der Waals surface area contributed by atoms with E-state index in [9.17, 15) is 17.6 Å². The Morgan fingerprint density at radius 1 is 1.30 bits per heavy atom. The summed E-state index contributed by atoms with van der Waals surface area (Å²) in [5.41, 5.74) is 5.93. The number of aromatic nitrogens is 1. The number of ether oxygens (including phenoxy) is 1. The number of methoxy groups -OCH3 is 1. The lowest BCUT2D eigenvalue weighted by atomic mass is 10.0. The van der Waals surface area contributed by atoms with Gasteiger partial charge in [-0.3, -0.25) is 9.10 Å². The maximum atomic E-state index is 13.9. The van der Waals surface area contributed by atoms with Crippen molar-refractivity contribution < 1.29 is 22.3 Å². The van der Waals surface area contributed by atoms with Crippen LogP contribution in [0.3, 0.4) is 0 Å². The third kappa shape index (κ3) is 4.50. The van der Waals surface area contributed by atoms with E-state index in [0.717, 1.165) is 12.3 Å². The number of hydrogen-bond acceptors (Lipinski definition) is 7. The van der Waals surface area contributed by atoms with Crippen LogP contribution in [0.5, 0.6) is 5.75 Å². The first-order valence-electron chi connectivity index (χ1n) is 9.18. The SMILES string of the molecule is COc1cc(Cl)c(F)cc1C(=O)c1ccc(N(C2CCNCC2)S(C)(=O)=O)nc1N. The minimum atomic E-state index is -3.62. The van der Waals surface area contributed by atoms with Crippen molar-refractivity contribution in [3.05, 3.63) is 46.2 Å². The standard InChI is InChI=1S/C19H22ClFN4O4S/c1-29-16-10-14(20)15(21)9-13(16)18(26)12-3-4-17(24-19(12)22)25(30(2,27)28)11-5-7-23-8-6-11/h3-4,9-11,23H,5-8H2,1-2H3,(H2,22,24). The number of piperidine rings is 1. The van der Waals surface area contributed by atoms with Gasteiger partial charge in [-0.1, -0.05) is 11.6 Å². The van der Waals surface area contributed by atoms with Crippen LogP contribution >= 0.6 is 11.6 Å². The number of benzene rings is 1. The number of ketones is 1. The molecule has 1 aromatic carbocycles. The molecule has 0 atom stereocenters. The molecule has 11 heteroatoms. The summed E-state index contributed by atoms with van der Waals surface area (Å²) < 4.78 is 45.1. The highest BCUT2D eigenvalue weighted by molar-refractivity contribution is 7.92. The number of hydrogen-bond donors (Lipinski definition) is 2. The quantitative estimate of drug-likeness (QED) is 0.640. The van der Waals surface area contributed by atoms with Crippen LogP contribution in [0, 0.1) is 5.82 Å². The minimum absolute atomic E-state index is 0.00228. The maximum Gasteiger partial charge on any atom is 0.233 e. The van der Waals surface area contributed by atoms with Crippen LogP contribution in [0.2, 0.25) is 5.02 Å². The van der Waals surface area contributed by atoms with E-state index in [1.165, 1.54) is 29.6 Å². The van der Waals surface area contributed by atoms with Crippen molar-refractivity contribution in [1.29, 1.82) is 0 Å². The molecule has 2 heterocycles. The molecule has 0 aliphatic carbocycles. The number of carbonyl (C=O) groups is 1. The molecular weight excluding hydrogens is 435 g/mol.